The molecule has 2 heterocycles. The Morgan fingerprint density at radius 1 is 1.22 bits per heavy atom. The molecule has 0 aliphatic carbocycles. The van der Waals surface area contributed by atoms with Crippen LogP contribution in [0.1, 0.15) is 19.3 Å². The lowest BCUT2D eigenvalue weighted by Gasteiger charge is -2.22. The fourth-order valence-corrected chi connectivity index (χ4v) is 4.37. The minimum Gasteiger partial charge on any atom is -0.497 e. The van der Waals surface area contributed by atoms with Crippen LogP contribution in [0.25, 0.3) is 16.6 Å². The van der Waals surface area contributed by atoms with Crippen LogP contribution in [0.3, 0.4) is 0 Å². The van der Waals surface area contributed by atoms with Gasteiger partial charge in [0.1, 0.15) is 5.75 Å². The molecule has 1 unspecified atom stereocenters. The van der Waals surface area contributed by atoms with Crippen molar-refractivity contribution >= 4 is 22.7 Å². The molecular formula is C21H22N2O3S. The molecule has 140 valence electrons. The summed E-state index contributed by atoms with van der Waals surface area (Å²) in [5.74, 6) is 1.49. The van der Waals surface area contributed by atoms with E-state index in [0.29, 0.717) is 21.8 Å². The molecule has 0 bridgehead atoms. The molecule has 5 nitrogen and oxygen atoms in total. The van der Waals surface area contributed by atoms with E-state index in [2.05, 4.69) is 0 Å². The van der Waals surface area contributed by atoms with E-state index in [-0.39, 0.29) is 11.7 Å². The van der Waals surface area contributed by atoms with Crippen molar-refractivity contribution in [2.24, 2.45) is 0 Å². The molecule has 0 radical (unpaired) electrons. The van der Waals surface area contributed by atoms with Crippen molar-refractivity contribution in [1.29, 1.82) is 0 Å². The van der Waals surface area contributed by atoms with Gasteiger partial charge in [0.25, 0.3) is 5.56 Å². The number of ether oxygens (including phenoxy) is 2. The molecule has 1 fully saturated rings. The fraction of sp³-hybridized carbons (Fsp3) is 0.333. The summed E-state index contributed by atoms with van der Waals surface area (Å²) in [7, 11) is 1.62. The number of thioether (sulfide) groups is 1. The second kappa shape index (κ2) is 8.15. The van der Waals surface area contributed by atoms with Crippen molar-refractivity contribution in [2.75, 3.05) is 19.5 Å². The van der Waals surface area contributed by atoms with Crippen molar-refractivity contribution < 1.29 is 9.47 Å². The molecule has 0 spiro atoms. The van der Waals surface area contributed by atoms with Gasteiger partial charge in [-0.15, -0.1) is 0 Å². The van der Waals surface area contributed by atoms with Gasteiger partial charge in [0, 0.05) is 18.4 Å². The highest BCUT2D eigenvalue weighted by Crippen LogP contribution is 2.26. The largest absolute Gasteiger partial charge is 0.497 e. The summed E-state index contributed by atoms with van der Waals surface area (Å²) in [6.07, 6.45) is 3.60. The number of hydrogen-bond donors (Lipinski definition) is 0. The maximum absolute atomic E-state index is 13.2. The molecular weight excluding hydrogens is 360 g/mol. The molecule has 1 saturated heterocycles. The molecule has 1 aliphatic rings. The third-order valence-corrected chi connectivity index (χ3v) is 5.80. The number of methoxy groups -OCH3 is 1. The summed E-state index contributed by atoms with van der Waals surface area (Å²) in [5.41, 5.74) is 1.40. The summed E-state index contributed by atoms with van der Waals surface area (Å²) in [6.45, 7) is 0.819. The third kappa shape index (κ3) is 3.87. The third-order valence-electron chi connectivity index (χ3n) is 4.73. The number of benzene rings is 2. The van der Waals surface area contributed by atoms with Gasteiger partial charge in [-0.05, 0) is 43.5 Å². The molecule has 0 amide bonds. The summed E-state index contributed by atoms with van der Waals surface area (Å²) < 4.78 is 12.9. The molecule has 1 aromatic heterocycles. The Bertz CT molecular complexity index is 996. The second-order valence-corrected chi connectivity index (χ2v) is 7.54. The SMILES string of the molecule is COc1cccc(-n2c(SCC3CCCCO3)nc3ccccc3c2=O)c1. The zero-order chi connectivity index (χ0) is 18.6. The van der Waals surface area contributed by atoms with Gasteiger partial charge in [-0.25, -0.2) is 4.98 Å². The monoisotopic (exact) mass is 382 g/mol. The van der Waals surface area contributed by atoms with Crippen LogP contribution in [-0.2, 0) is 4.74 Å². The molecule has 4 rings (SSSR count). The van der Waals surface area contributed by atoms with Crippen LogP contribution in [0.2, 0.25) is 0 Å². The Morgan fingerprint density at radius 3 is 2.93 bits per heavy atom. The van der Waals surface area contributed by atoms with Gasteiger partial charge >= 0.3 is 0 Å². The van der Waals surface area contributed by atoms with Gasteiger partial charge in [0.15, 0.2) is 5.16 Å². The molecule has 0 saturated carbocycles. The highest BCUT2D eigenvalue weighted by atomic mass is 32.2. The number of rotatable bonds is 5. The standard InChI is InChI=1S/C21H22N2O3S/c1-25-16-9-6-7-15(13-16)23-20(24)18-10-2-3-11-19(18)22-21(23)27-14-17-8-4-5-12-26-17/h2-3,6-7,9-11,13,17H,4-5,8,12,14H2,1H3. The van der Waals surface area contributed by atoms with Gasteiger partial charge in [-0.3, -0.25) is 9.36 Å². The number of fused-ring (bicyclic) bond motifs is 1. The highest BCUT2D eigenvalue weighted by Gasteiger charge is 2.18. The number of aromatic nitrogens is 2. The Labute approximate surface area is 162 Å². The van der Waals surface area contributed by atoms with E-state index >= 15 is 0 Å². The summed E-state index contributed by atoms with van der Waals surface area (Å²) in [6, 6.07) is 15.0. The molecule has 1 aliphatic heterocycles. The van der Waals surface area contributed by atoms with E-state index in [1.54, 1.807) is 23.4 Å². The van der Waals surface area contributed by atoms with Crippen LogP contribution >= 0.6 is 11.8 Å². The summed E-state index contributed by atoms with van der Waals surface area (Å²) in [5, 5.41) is 1.29. The summed E-state index contributed by atoms with van der Waals surface area (Å²) in [4.78, 5) is 18.0. The van der Waals surface area contributed by atoms with Gasteiger partial charge in [-0.1, -0.05) is 30.0 Å². The predicted octanol–water partition coefficient (Wildman–Crippen LogP) is 4.06. The first-order valence-electron chi connectivity index (χ1n) is 9.17. The van der Waals surface area contributed by atoms with Crippen molar-refractivity contribution in [3.63, 3.8) is 0 Å². The Hall–Kier alpha value is -2.31. The van der Waals surface area contributed by atoms with Crippen LogP contribution in [0.4, 0.5) is 0 Å². The average Bonchev–Trinajstić information content (AvgIpc) is 2.73. The zero-order valence-electron chi connectivity index (χ0n) is 15.3. The smallest absolute Gasteiger partial charge is 0.266 e. The number of para-hydroxylation sites is 1. The lowest BCUT2D eigenvalue weighted by atomic mass is 10.1. The Balaban J connectivity index is 1.78. The minimum absolute atomic E-state index is 0.0686. The Kier molecular flexibility index (Phi) is 5.45. The first-order chi connectivity index (χ1) is 13.3. The first-order valence-corrected chi connectivity index (χ1v) is 10.2. The quantitative estimate of drug-likeness (QED) is 0.492. The van der Waals surface area contributed by atoms with Crippen molar-refractivity contribution in [2.45, 2.75) is 30.5 Å². The Morgan fingerprint density at radius 2 is 2.11 bits per heavy atom. The average molecular weight is 382 g/mol. The zero-order valence-corrected chi connectivity index (χ0v) is 16.1. The topological polar surface area (TPSA) is 53.4 Å². The van der Waals surface area contributed by atoms with E-state index in [1.807, 2.05) is 48.5 Å². The van der Waals surface area contributed by atoms with Crippen molar-refractivity contribution in [1.82, 2.24) is 9.55 Å². The maximum Gasteiger partial charge on any atom is 0.266 e. The maximum atomic E-state index is 13.2. The van der Waals surface area contributed by atoms with Crippen LogP contribution in [0.5, 0.6) is 5.75 Å². The van der Waals surface area contributed by atoms with E-state index in [4.69, 9.17) is 14.5 Å². The number of hydrogen-bond acceptors (Lipinski definition) is 5. The minimum atomic E-state index is -0.0686. The first kappa shape index (κ1) is 18.1. The van der Waals surface area contributed by atoms with E-state index in [9.17, 15) is 4.79 Å². The van der Waals surface area contributed by atoms with Crippen LogP contribution < -0.4 is 10.3 Å². The molecule has 2 aromatic carbocycles. The van der Waals surface area contributed by atoms with Gasteiger partial charge < -0.3 is 9.47 Å². The van der Waals surface area contributed by atoms with Gasteiger partial charge in [0.05, 0.1) is 29.8 Å². The van der Waals surface area contributed by atoms with Crippen LogP contribution in [-0.4, -0.2) is 35.1 Å². The van der Waals surface area contributed by atoms with E-state index < -0.39 is 0 Å². The normalized spacial score (nSPS) is 17.1. The molecule has 27 heavy (non-hydrogen) atoms. The molecule has 0 N–H and O–H groups in total. The molecule has 3 aromatic rings. The van der Waals surface area contributed by atoms with Crippen LogP contribution in [0.15, 0.2) is 58.5 Å². The fourth-order valence-electron chi connectivity index (χ4n) is 3.29. The van der Waals surface area contributed by atoms with E-state index in [0.717, 1.165) is 30.9 Å². The van der Waals surface area contributed by atoms with Gasteiger partial charge in [-0.2, -0.15) is 0 Å². The predicted molar refractivity (Wildman–Crippen MR) is 108 cm³/mol. The van der Waals surface area contributed by atoms with Gasteiger partial charge in [0.2, 0.25) is 0 Å². The summed E-state index contributed by atoms with van der Waals surface area (Å²) >= 11 is 1.58. The lowest BCUT2D eigenvalue weighted by Crippen LogP contribution is -2.24. The molecule has 6 heteroatoms. The van der Waals surface area contributed by atoms with Crippen LogP contribution in [0, 0.1) is 0 Å². The lowest BCUT2D eigenvalue weighted by molar-refractivity contribution is 0.0315. The number of nitrogens with zero attached hydrogens (tertiary/aromatic N) is 2. The highest BCUT2D eigenvalue weighted by molar-refractivity contribution is 7.99. The second-order valence-electron chi connectivity index (χ2n) is 6.55. The van der Waals surface area contributed by atoms with Crippen molar-refractivity contribution in [3.05, 3.63) is 58.9 Å². The molecule has 1 atom stereocenters. The van der Waals surface area contributed by atoms with Crippen molar-refractivity contribution in [3.8, 4) is 11.4 Å². The van der Waals surface area contributed by atoms with E-state index in [1.165, 1.54) is 6.42 Å².